The van der Waals surface area contributed by atoms with Crippen LogP contribution in [0.1, 0.15) is 16.1 Å². The molecule has 102 valence electrons. The van der Waals surface area contributed by atoms with Gasteiger partial charge in [0.25, 0.3) is 0 Å². The minimum atomic E-state index is -0.395. The third-order valence-electron chi connectivity index (χ3n) is 3.17. The van der Waals surface area contributed by atoms with Crippen molar-refractivity contribution in [1.82, 2.24) is 14.8 Å². The zero-order chi connectivity index (χ0) is 13.8. The topological polar surface area (TPSA) is 62.7 Å². The molecule has 19 heavy (non-hydrogen) atoms. The van der Waals surface area contributed by atoms with Crippen molar-refractivity contribution in [3.8, 4) is 0 Å². The van der Waals surface area contributed by atoms with Crippen molar-refractivity contribution >= 4 is 11.9 Å². The zero-order valence-corrected chi connectivity index (χ0v) is 11.1. The number of esters is 1. The van der Waals surface area contributed by atoms with Crippen molar-refractivity contribution < 1.29 is 14.3 Å². The molecule has 0 aliphatic carbocycles. The first-order valence-electron chi connectivity index (χ1n) is 6.09. The van der Waals surface area contributed by atoms with E-state index in [0.717, 1.165) is 18.8 Å². The van der Waals surface area contributed by atoms with Crippen molar-refractivity contribution in [3.63, 3.8) is 0 Å². The molecule has 1 fully saturated rings. The number of piperazine rings is 1. The van der Waals surface area contributed by atoms with Crippen molar-refractivity contribution in [2.45, 2.75) is 6.54 Å². The summed E-state index contributed by atoms with van der Waals surface area (Å²) in [5.41, 5.74) is 1.27. The molecule has 1 aromatic heterocycles. The molecule has 0 unspecified atom stereocenters. The summed E-state index contributed by atoms with van der Waals surface area (Å²) in [6, 6.07) is 3.47. The second-order valence-electron chi connectivity index (χ2n) is 4.56. The molecule has 0 bridgehead atoms. The molecule has 2 heterocycles. The van der Waals surface area contributed by atoms with Crippen molar-refractivity contribution in [1.29, 1.82) is 0 Å². The lowest BCUT2D eigenvalue weighted by molar-refractivity contribution is -0.134. The SMILES string of the molecule is COC(=O)c1ccc(CN2CCN(C)C(=O)C2)nc1. The lowest BCUT2D eigenvalue weighted by Gasteiger charge is -2.31. The fourth-order valence-electron chi connectivity index (χ4n) is 1.93. The van der Waals surface area contributed by atoms with Crippen LogP contribution in [0.25, 0.3) is 0 Å². The Labute approximate surface area is 112 Å². The fraction of sp³-hybridized carbons (Fsp3) is 0.462. The Kier molecular flexibility index (Phi) is 4.11. The summed E-state index contributed by atoms with van der Waals surface area (Å²) in [6.45, 7) is 2.60. The van der Waals surface area contributed by atoms with Gasteiger partial charge >= 0.3 is 5.97 Å². The number of carbonyl (C=O) groups is 2. The average molecular weight is 263 g/mol. The molecule has 1 aliphatic heterocycles. The number of likely N-dealkylation sites (N-methyl/N-ethyl adjacent to an activating group) is 1. The van der Waals surface area contributed by atoms with Crippen molar-refractivity contribution in [2.24, 2.45) is 0 Å². The Bertz CT molecular complexity index is 473. The molecule has 2 rings (SSSR count). The number of methoxy groups -OCH3 is 1. The lowest BCUT2D eigenvalue weighted by atomic mass is 10.2. The van der Waals surface area contributed by atoms with Crippen LogP contribution in [0, 0.1) is 0 Å². The number of aromatic nitrogens is 1. The Balaban J connectivity index is 1.96. The van der Waals surface area contributed by atoms with Gasteiger partial charge in [0.05, 0.1) is 24.9 Å². The first-order valence-corrected chi connectivity index (χ1v) is 6.09. The van der Waals surface area contributed by atoms with E-state index in [-0.39, 0.29) is 5.91 Å². The first kappa shape index (κ1) is 13.5. The van der Waals surface area contributed by atoms with E-state index in [1.807, 2.05) is 11.9 Å². The Hall–Kier alpha value is -1.95. The Morgan fingerprint density at radius 2 is 2.21 bits per heavy atom. The predicted molar refractivity (Wildman–Crippen MR) is 68.5 cm³/mol. The number of amides is 1. The zero-order valence-electron chi connectivity index (χ0n) is 11.1. The van der Waals surface area contributed by atoms with Crippen LogP contribution in [0.2, 0.25) is 0 Å². The van der Waals surface area contributed by atoms with Crippen LogP contribution in [0.4, 0.5) is 0 Å². The van der Waals surface area contributed by atoms with Crippen LogP contribution >= 0.6 is 0 Å². The van der Waals surface area contributed by atoms with E-state index >= 15 is 0 Å². The molecule has 6 heteroatoms. The average Bonchev–Trinajstić information content (AvgIpc) is 2.43. The van der Waals surface area contributed by atoms with E-state index in [1.54, 1.807) is 17.0 Å². The first-order chi connectivity index (χ1) is 9.10. The van der Waals surface area contributed by atoms with E-state index < -0.39 is 5.97 Å². The van der Waals surface area contributed by atoms with Crippen LogP contribution < -0.4 is 0 Å². The third-order valence-corrected chi connectivity index (χ3v) is 3.17. The third kappa shape index (κ3) is 3.29. The van der Waals surface area contributed by atoms with Gasteiger partial charge < -0.3 is 9.64 Å². The number of carbonyl (C=O) groups excluding carboxylic acids is 2. The Morgan fingerprint density at radius 3 is 2.79 bits per heavy atom. The molecule has 0 atom stereocenters. The van der Waals surface area contributed by atoms with Gasteiger partial charge in [0.15, 0.2) is 0 Å². The number of hydrogen-bond acceptors (Lipinski definition) is 5. The highest BCUT2D eigenvalue weighted by Gasteiger charge is 2.21. The van der Waals surface area contributed by atoms with Crippen molar-refractivity contribution in [2.75, 3.05) is 33.8 Å². The minimum absolute atomic E-state index is 0.123. The van der Waals surface area contributed by atoms with Gasteiger partial charge in [0, 0.05) is 32.9 Å². The highest BCUT2D eigenvalue weighted by atomic mass is 16.5. The molecule has 1 aliphatic rings. The second kappa shape index (κ2) is 5.79. The van der Waals surface area contributed by atoms with E-state index in [4.69, 9.17) is 0 Å². The predicted octanol–water partition coefficient (Wildman–Crippen LogP) is 0.142. The smallest absolute Gasteiger partial charge is 0.339 e. The maximum atomic E-state index is 11.6. The molecule has 1 saturated heterocycles. The molecule has 0 saturated carbocycles. The van der Waals surface area contributed by atoms with Gasteiger partial charge in [-0.2, -0.15) is 0 Å². The molecular formula is C13H17N3O3. The monoisotopic (exact) mass is 263 g/mol. The van der Waals surface area contributed by atoms with Gasteiger partial charge in [0.1, 0.15) is 0 Å². The molecular weight excluding hydrogens is 246 g/mol. The number of rotatable bonds is 3. The van der Waals surface area contributed by atoms with Gasteiger partial charge in [0.2, 0.25) is 5.91 Å². The van der Waals surface area contributed by atoms with Crippen LogP contribution in [-0.4, -0.2) is 60.5 Å². The van der Waals surface area contributed by atoms with Crippen molar-refractivity contribution in [3.05, 3.63) is 29.6 Å². The van der Waals surface area contributed by atoms with Crippen LogP contribution in [-0.2, 0) is 16.1 Å². The summed E-state index contributed by atoms with van der Waals surface area (Å²) >= 11 is 0. The summed E-state index contributed by atoms with van der Waals surface area (Å²) in [5, 5.41) is 0. The van der Waals surface area contributed by atoms with Crippen LogP contribution in [0.15, 0.2) is 18.3 Å². The number of ether oxygens (including phenoxy) is 1. The largest absolute Gasteiger partial charge is 0.465 e. The van der Waals surface area contributed by atoms with Gasteiger partial charge in [-0.1, -0.05) is 0 Å². The fourth-order valence-corrected chi connectivity index (χ4v) is 1.93. The van der Waals surface area contributed by atoms with E-state index in [0.29, 0.717) is 18.7 Å². The highest BCUT2D eigenvalue weighted by molar-refractivity contribution is 5.88. The number of pyridine rings is 1. The maximum absolute atomic E-state index is 11.6. The van der Waals surface area contributed by atoms with E-state index in [1.165, 1.54) is 13.3 Å². The molecule has 0 N–H and O–H groups in total. The molecule has 0 aromatic carbocycles. The molecule has 0 spiro atoms. The molecule has 0 radical (unpaired) electrons. The number of hydrogen-bond donors (Lipinski definition) is 0. The summed E-state index contributed by atoms with van der Waals surface area (Å²) in [4.78, 5) is 30.8. The van der Waals surface area contributed by atoms with Gasteiger partial charge in [-0.05, 0) is 12.1 Å². The lowest BCUT2D eigenvalue weighted by Crippen LogP contribution is -2.48. The summed E-state index contributed by atoms with van der Waals surface area (Å²) in [5.74, 6) is -0.272. The molecule has 1 amide bonds. The Morgan fingerprint density at radius 1 is 1.42 bits per heavy atom. The summed E-state index contributed by atoms with van der Waals surface area (Å²) in [7, 11) is 3.15. The van der Waals surface area contributed by atoms with E-state index in [9.17, 15) is 9.59 Å². The molecule has 1 aromatic rings. The maximum Gasteiger partial charge on any atom is 0.339 e. The molecule has 6 nitrogen and oxygen atoms in total. The summed E-state index contributed by atoms with van der Waals surface area (Å²) in [6.07, 6.45) is 1.50. The van der Waals surface area contributed by atoms with Gasteiger partial charge in [-0.15, -0.1) is 0 Å². The van der Waals surface area contributed by atoms with Crippen LogP contribution in [0.5, 0.6) is 0 Å². The standard InChI is InChI=1S/C13H17N3O3/c1-15-5-6-16(9-12(15)17)8-11-4-3-10(7-14-11)13(18)19-2/h3-4,7H,5-6,8-9H2,1-2H3. The normalized spacial score (nSPS) is 16.5. The minimum Gasteiger partial charge on any atom is -0.465 e. The summed E-state index contributed by atoms with van der Waals surface area (Å²) < 4.78 is 4.61. The number of nitrogens with zero attached hydrogens (tertiary/aromatic N) is 3. The van der Waals surface area contributed by atoms with Gasteiger partial charge in [-0.25, -0.2) is 4.79 Å². The second-order valence-corrected chi connectivity index (χ2v) is 4.56. The van der Waals surface area contributed by atoms with E-state index in [2.05, 4.69) is 9.72 Å². The highest BCUT2D eigenvalue weighted by Crippen LogP contribution is 2.08. The quantitative estimate of drug-likeness (QED) is 0.726. The van der Waals surface area contributed by atoms with Crippen LogP contribution in [0.3, 0.4) is 0 Å². The van der Waals surface area contributed by atoms with Gasteiger partial charge in [-0.3, -0.25) is 14.7 Å².